The summed E-state index contributed by atoms with van der Waals surface area (Å²) in [5.74, 6) is 0. The predicted octanol–water partition coefficient (Wildman–Crippen LogP) is 3.80. The van der Waals surface area contributed by atoms with Gasteiger partial charge >= 0.3 is 0 Å². The molecule has 20 heavy (non-hydrogen) atoms. The molecule has 102 valence electrons. The maximum absolute atomic E-state index is 12.7. The fourth-order valence-corrected chi connectivity index (χ4v) is 2.20. The lowest BCUT2D eigenvalue weighted by atomic mass is 10.2. The van der Waals surface area contributed by atoms with Crippen LogP contribution in [0.5, 0.6) is 0 Å². The zero-order valence-electron chi connectivity index (χ0n) is 10.4. The van der Waals surface area contributed by atoms with E-state index < -0.39 is 6.43 Å². The first-order valence-corrected chi connectivity index (χ1v) is 6.61. The SMILES string of the molecule is Cc1ncc(-c2cnc3ccc(C(F)F)nn23)cc1Br. The van der Waals surface area contributed by atoms with Gasteiger partial charge in [0.2, 0.25) is 0 Å². The maximum atomic E-state index is 12.7. The van der Waals surface area contributed by atoms with Crippen LogP contribution in [0.2, 0.25) is 0 Å². The summed E-state index contributed by atoms with van der Waals surface area (Å²) in [6.45, 7) is 1.87. The summed E-state index contributed by atoms with van der Waals surface area (Å²) in [4.78, 5) is 8.40. The Morgan fingerprint density at radius 2 is 2.00 bits per heavy atom. The summed E-state index contributed by atoms with van der Waals surface area (Å²) in [5, 5.41) is 3.92. The van der Waals surface area contributed by atoms with E-state index in [9.17, 15) is 8.78 Å². The van der Waals surface area contributed by atoms with E-state index in [0.717, 1.165) is 15.7 Å². The third-order valence-electron chi connectivity index (χ3n) is 2.93. The van der Waals surface area contributed by atoms with Crippen molar-refractivity contribution in [3.63, 3.8) is 0 Å². The number of pyridine rings is 1. The molecule has 0 spiro atoms. The molecule has 3 heterocycles. The molecule has 0 atom stereocenters. The fraction of sp³-hybridized carbons (Fsp3) is 0.154. The number of nitrogens with zero attached hydrogens (tertiary/aromatic N) is 4. The zero-order chi connectivity index (χ0) is 14.3. The average Bonchev–Trinajstić information content (AvgIpc) is 2.84. The highest BCUT2D eigenvalue weighted by Crippen LogP contribution is 2.25. The zero-order valence-corrected chi connectivity index (χ0v) is 12.0. The monoisotopic (exact) mass is 338 g/mol. The van der Waals surface area contributed by atoms with Crippen molar-refractivity contribution in [2.45, 2.75) is 13.3 Å². The third kappa shape index (κ3) is 2.18. The van der Waals surface area contributed by atoms with Crippen LogP contribution >= 0.6 is 15.9 Å². The molecule has 3 rings (SSSR count). The first kappa shape index (κ1) is 13.1. The highest BCUT2D eigenvalue weighted by Gasteiger charge is 2.13. The maximum Gasteiger partial charge on any atom is 0.282 e. The van der Waals surface area contributed by atoms with Crippen molar-refractivity contribution in [2.24, 2.45) is 0 Å². The molecule has 0 bridgehead atoms. The van der Waals surface area contributed by atoms with Crippen molar-refractivity contribution in [2.75, 3.05) is 0 Å². The van der Waals surface area contributed by atoms with Gasteiger partial charge in [-0.15, -0.1) is 0 Å². The van der Waals surface area contributed by atoms with E-state index in [1.807, 2.05) is 13.0 Å². The largest absolute Gasteiger partial charge is 0.282 e. The minimum Gasteiger partial charge on any atom is -0.260 e. The van der Waals surface area contributed by atoms with Crippen molar-refractivity contribution >= 4 is 21.6 Å². The number of imidazole rings is 1. The van der Waals surface area contributed by atoms with Gasteiger partial charge in [-0.3, -0.25) is 4.98 Å². The van der Waals surface area contributed by atoms with Crippen molar-refractivity contribution in [3.05, 3.63) is 46.5 Å². The van der Waals surface area contributed by atoms with Gasteiger partial charge in [0, 0.05) is 16.2 Å². The first-order chi connectivity index (χ1) is 9.56. The third-order valence-corrected chi connectivity index (χ3v) is 3.73. The summed E-state index contributed by atoms with van der Waals surface area (Å²) < 4.78 is 27.7. The summed E-state index contributed by atoms with van der Waals surface area (Å²) in [5.41, 5.74) is 2.46. The van der Waals surface area contributed by atoms with Crippen molar-refractivity contribution in [1.29, 1.82) is 0 Å². The molecule has 0 N–H and O–H groups in total. The van der Waals surface area contributed by atoms with E-state index in [-0.39, 0.29) is 5.69 Å². The van der Waals surface area contributed by atoms with Crippen molar-refractivity contribution in [1.82, 2.24) is 19.6 Å². The van der Waals surface area contributed by atoms with Crippen LogP contribution in [-0.2, 0) is 0 Å². The Balaban J connectivity index is 2.20. The van der Waals surface area contributed by atoms with Crippen molar-refractivity contribution < 1.29 is 8.78 Å². The van der Waals surface area contributed by atoms with Crippen LogP contribution in [-0.4, -0.2) is 19.6 Å². The molecule has 0 radical (unpaired) electrons. The molecule has 0 aliphatic rings. The second kappa shape index (κ2) is 4.90. The molecule has 0 saturated heterocycles. The van der Waals surface area contributed by atoms with Crippen LogP contribution in [0, 0.1) is 6.92 Å². The van der Waals surface area contributed by atoms with E-state index in [4.69, 9.17) is 0 Å². The minimum atomic E-state index is -2.61. The molecule has 7 heteroatoms. The fourth-order valence-electron chi connectivity index (χ4n) is 1.85. The van der Waals surface area contributed by atoms with Crippen molar-refractivity contribution in [3.8, 4) is 11.3 Å². The van der Waals surface area contributed by atoms with E-state index in [0.29, 0.717) is 11.3 Å². The second-order valence-electron chi connectivity index (χ2n) is 4.26. The molecule has 0 unspecified atom stereocenters. The topological polar surface area (TPSA) is 43.1 Å². The number of fused-ring (bicyclic) bond motifs is 1. The molecular formula is C13H9BrF2N4. The lowest BCUT2D eigenvalue weighted by Crippen LogP contribution is -2.00. The van der Waals surface area contributed by atoms with E-state index in [2.05, 4.69) is 31.0 Å². The number of alkyl halides is 2. The minimum absolute atomic E-state index is 0.282. The standard InChI is InChI=1S/C13H9BrF2N4/c1-7-9(14)4-8(5-17-7)11-6-18-12-3-2-10(13(15)16)19-20(11)12/h2-6,13H,1H3. The molecule has 0 fully saturated rings. The van der Waals surface area contributed by atoms with Gasteiger partial charge in [0.05, 0.1) is 17.6 Å². The number of rotatable bonds is 2. The number of halogens is 3. The van der Waals surface area contributed by atoms with Crippen LogP contribution < -0.4 is 0 Å². The molecule has 0 aliphatic heterocycles. The van der Waals surface area contributed by atoms with Gasteiger partial charge in [0.1, 0.15) is 5.69 Å². The summed E-state index contributed by atoms with van der Waals surface area (Å²) in [6.07, 6.45) is 0.647. The molecule has 0 aliphatic carbocycles. The number of hydrogen-bond acceptors (Lipinski definition) is 3. The molecule has 3 aromatic heterocycles. The highest BCUT2D eigenvalue weighted by atomic mass is 79.9. The van der Waals surface area contributed by atoms with E-state index >= 15 is 0 Å². The van der Waals surface area contributed by atoms with Gasteiger partial charge < -0.3 is 0 Å². The predicted molar refractivity (Wildman–Crippen MR) is 73.6 cm³/mol. The number of aromatic nitrogens is 4. The highest BCUT2D eigenvalue weighted by molar-refractivity contribution is 9.10. The van der Waals surface area contributed by atoms with Crippen LogP contribution in [0.3, 0.4) is 0 Å². The average molecular weight is 339 g/mol. The van der Waals surface area contributed by atoms with E-state index in [1.54, 1.807) is 12.4 Å². The van der Waals surface area contributed by atoms with Gasteiger partial charge in [-0.2, -0.15) is 5.10 Å². The Morgan fingerprint density at radius 3 is 2.70 bits per heavy atom. The van der Waals surface area contributed by atoms with Crippen LogP contribution in [0.4, 0.5) is 8.78 Å². The van der Waals surface area contributed by atoms with Crippen LogP contribution in [0.1, 0.15) is 17.8 Å². The van der Waals surface area contributed by atoms with Gasteiger partial charge in [-0.25, -0.2) is 18.3 Å². The molecule has 0 aromatic carbocycles. The van der Waals surface area contributed by atoms with Crippen LogP contribution in [0.25, 0.3) is 16.9 Å². The Bertz CT molecular complexity index is 785. The van der Waals surface area contributed by atoms with E-state index in [1.165, 1.54) is 16.6 Å². The second-order valence-corrected chi connectivity index (χ2v) is 5.12. The normalized spacial score (nSPS) is 11.4. The Kier molecular flexibility index (Phi) is 3.21. The molecule has 0 amide bonds. The Hall–Kier alpha value is -1.89. The summed E-state index contributed by atoms with van der Waals surface area (Å²) in [6, 6.07) is 4.66. The molecule has 3 aromatic rings. The van der Waals surface area contributed by atoms with Gasteiger partial charge in [-0.1, -0.05) is 0 Å². The summed E-state index contributed by atoms with van der Waals surface area (Å²) >= 11 is 3.40. The lowest BCUT2D eigenvalue weighted by molar-refractivity contribution is 0.144. The van der Waals surface area contributed by atoms with Gasteiger partial charge in [0.15, 0.2) is 5.65 Å². The van der Waals surface area contributed by atoms with Gasteiger partial charge in [0.25, 0.3) is 6.43 Å². The van der Waals surface area contributed by atoms with Crippen LogP contribution in [0.15, 0.2) is 35.1 Å². The lowest BCUT2D eigenvalue weighted by Gasteiger charge is -2.05. The molecule has 0 saturated carbocycles. The molecular weight excluding hydrogens is 330 g/mol. The summed E-state index contributed by atoms with van der Waals surface area (Å²) in [7, 11) is 0. The first-order valence-electron chi connectivity index (χ1n) is 5.81. The smallest absolute Gasteiger partial charge is 0.260 e. The Morgan fingerprint density at radius 1 is 1.20 bits per heavy atom. The number of aryl methyl sites for hydroxylation is 1. The number of hydrogen-bond donors (Lipinski definition) is 0. The van der Waals surface area contributed by atoms with Gasteiger partial charge in [-0.05, 0) is 41.1 Å². The Labute approximate surface area is 121 Å². The quantitative estimate of drug-likeness (QED) is 0.713. The molecule has 4 nitrogen and oxygen atoms in total.